The van der Waals surface area contributed by atoms with Gasteiger partial charge in [0.25, 0.3) is 0 Å². The van der Waals surface area contributed by atoms with Crippen LogP contribution in [0, 0.1) is 29.1 Å². The molecule has 1 rings (SSSR count). The minimum Gasteiger partial charge on any atom is -0.373 e. The molecular formula is C23H37F5O3Si. The van der Waals surface area contributed by atoms with E-state index in [1.54, 1.807) is 0 Å². The molecule has 0 atom stereocenters. The predicted molar refractivity (Wildman–Crippen MR) is 117 cm³/mol. The quantitative estimate of drug-likeness (QED) is 0.0710. The highest BCUT2D eigenvalue weighted by Gasteiger charge is 2.40. The van der Waals surface area contributed by atoms with Gasteiger partial charge in [0.1, 0.15) is 0 Å². The van der Waals surface area contributed by atoms with Crippen molar-refractivity contribution in [3.63, 3.8) is 0 Å². The molecule has 0 radical (unpaired) electrons. The van der Waals surface area contributed by atoms with Crippen molar-refractivity contribution in [2.75, 3.05) is 19.8 Å². The third-order valence-corrected chi connectivity index (χ3v) is 7.94. The minimum absolute atomic E-state index is 0.178. The van der Waals surface area contributed by atoms with Gasteiger partial charge in [0, 0.05) is 31.4 Å². The summed E-state index contributed by atoms with van der Waals surface area (Å²) < 4.78 is 85.2. The van der Waals surface area contributed by atoms with Crippen LogP contribution in [0.25, 0.3) is 0 Å². The summed E-state index contributed by atoms with van der Waals surface area (Å²) in [5.41, 5.74) is -0.730. The largest absolute Gasteiger partial charge is 0.500 e. The van der Waals surface area contributed by atoms with Crippen LogP contribution >= 0.6 is 0 Å². The summed E-state index contributed by atoms with van der Waals surface area (Å²) in [6, 6.07) is 0.748. The fraction of sp³-hybridized carbons (Fsp3) is 0.739. The van der Waals surface area contributed by atoms with Gasteiger partial charge in [-0.15, -0.1) is 0 Å². The second kappa shape index (κ2) is 15.7. The smallest absolute Gasteiger partial charge is 0.373 e. The summed E-state index contributed by atoms with van der Waals surface area (Å²) in [6.07, 6.45) is 7.03. The van der Waals surface area contributed by atoms with E-state index < -0.39 is 43.5 Å². The molecule has 1 aromatic carbocycles. The van der Waals surface area contributed by atoms with Gasteiger partial charge in [0.2, 0.25) is 5.82 Å². The van der Waals surface area contributed by atoms with Crippen molar-refractivity contribution in [2.45, 2.75) is 91.0 Å². The van der Waals surface area contributed by atoms with Crippen molar-refractivity contribution in [1.29, 1.82) is 0 Å². The maximum atomic E-state index is 13.7. The first-order valence-corrected chi connectivity index (χ1v) is 13.7. The second-order valence-electron chi connectivity index (χ2n) is 7.90. The van der Waals surface area contributed by atoms with E-state index >= 15 is 0 Å². The number of hydrogen-bond acceptors (Lipinski definition) is 3. The molecule has 0 N–H and O–H groups in total. The third kappa shape index (κ3) is 9.07. The molecule has 0 saturated carbocycles. The van der Waals surface area contributed by atoms with Gasteiger partial charge in [-0.25, -0.2) is 22.0 Å². The van der Waals surface area contributed by atoms with Crippen LogP contribution in [0.5, 0.6) is 0 Å². The van der Waals surface area contributed by atoms with Crippen LogP contribution in [-0.2, 0) is 19.7 Å². The van der Waals surface area contributed by atoms with Crippen LogP contribution < -0.4 is 0 Å². The van der Waals surface area contributed by atoms with Crippen LogP contribution in [0.2, 0.25) is 6.04 Å². The lowest BCUT2D eigenvalue weighted by Gasteiger charge is -2.29. The first kappa shape index (κ1) is 29.0. The summed E-state index contributed by atoms with van der Waals surface area (Å²) in [4.78, 5) is 0. The zero-order valence-electron chi connectivity index (χ0n) is 19.5. The Hall–Kier alpha value is -1.03. The van der Waals surface area contributed by atoms with Gasteiger partial charge in [-0.2, -0.15) is 0 Å². The number of hydrogen-bond donors (Lipinski definition) is 0. The van der Waals surface area contributed by atoms with Crippen molar-refractivity contribution < 1.29 is 35.2 Å². The molecule has 0 aromatic heterocycles. The molecule has 3 nitrogen and oxygen atoms in total. The Morgan fingerprint density at radius 3 is 1.34 bits per heavy atom. The standard InChI is InChI=1S/C23H37F5O3Si/c1-4-14-29-32(30-15-5-2,31-16-6-3)17-12-10-8-7-9-11-13-18-19(24)21(26)23(28)22(27)20(18)25/h4-17H2,1-3H3. The number of unbranched alkanes of at least 4 members (excludes halogenated alkanes) is 5. The van der Waals surface area contributed by atoms with Gasteiger partial charge in [-0.05, 0) is 38.5 Å². The molecular weight excluding hydrogens is 447 g/mol. The molecule has 0 saturated heterocycles. The van der Waals surface area contributed by atoms with Crippen molar-refractivity contribution in [3.8, 4) is 0 Å². The van der Waals surface area contributed by atoms with Crippen LogP contribution in [0.15, 0.2) is 0 Å². The van der Waals surface area contributed by atoms with E-state index in [-0.39, 0.29) is 6.42 Å². The highest BCUT2D eigenvalue weighted by atomic mass is 28.4. The van der Waals surface area contributed by atoms with Crippen molar-refractivity contribution in [1.82, 2.24) is 0 Å². The molecule has 0 aliphatic rings. The summed E-state index contributed by atoms with van der Waals surface area (Å²) in [5, 5.41) is 0. The van der Waals surface area contributed by atoms with Gasteiger partial charge in [-0.1, -0.05) is 46.5 Å². The zero-order valence-corrected chi connectivity index (χ0v) is 20.5. The van der Waals surface area contributed by atoms with Crippen LogP contribution in [0.3, 0.4) is 0 Å². The lowest BCUT2D eigenvalue weighted by molar-refractivity contribution is 0.0586. The summed E-state index contributed by atoms with van der Waals surface area (Å²) >= 11 is 0. The Labute approximate surface area is 190 Å². The molecule has 0 spiro atoms. The van der Waals surface area contributed by atoms with Crippen molar-refractivity contribution in [2.24, 2.45) is 0 Å². The van der Waals surface area contributed by atoms with Crippen LogP contribution in [0.4, 0.5) is 22.0 Å². The Morgan fingerprint density at radius 2 is 0.906 bits per heavy atom. The molecule has 0 aliphatic carbocycles. The number of halogens is 5. The maximum absolute atomic E-state index is 13.7. The first-order chi connectivity index (χ1) is 15.3. The number of rotatable bonds is 18. The summed E-state index contributed by atoms with van der Waals surface area (Å²) in [5.74, 6) is -9.33. The molecule has 186 valence electrons. The lowest BCUT2D eigenvalue weighted by atomic mass is 10.0. The summed E-state index contributed by atoms with van der Waals surface area (Å²) in [6.45, 7) is 7.97. The van der Waals surface area contributed by atoms with E-state index in [4.69, 9.17) is 13.3 Å². The topological polar surface area (TPSA) is 27.7 Å². The average molecular weight is 485 g/mol. The lowest BCUT2D eigenvalue weighted by Crippen LogP contribution is -2.46. The van der Waals surface area contributed by atoms with Gasteiger partial charge in [0.15, 0.2) is 23.3 Å². The molecule has 32 heavy (non-hydrogen) atoms. The summed E-state index contributed by atoms with van der Waals surface area (Å²) in [7, 11) is -2.69. The molecule has 0 bridgehead atoms. The van der Waals surface area contributed by atoms with Crippen LogP contribution in [0.1, 0.15) is 84.1 Å². The molecule has 0 amide bonds. The van der Waals surface area contributed by atoms with E-state index in [0.29, 0.717) is 32.7 Å². The fourth-order valence-electron chi connectivity index (χ4n) is 3.33. The van der Waals surface area contributed by atoms with E-state index in [1.165, 1.54) is 0 Å². The van der Waals surface area contributed by atoms with E-state index in [0.717, 1.165) is 51.0 Å². The zero-order chi connectivity index (χ0) is 24.0. The molecule has 9 heteroatoms. The molecule has 0 unspecified atom stereocenters. The molecule has 0 heterocycles. The normalized spacial score (nSPS) is 12.0. The molecule has 0 fully saturated rings. The average Bonchev–Trinajstić information content (AvgIpc) is 2.80. The van der Waals surface area contributed by atoms with Gasteiger partial charge in [-0.3, -0.25) is 0 Å². The van der Waals surface area contributed by atoms with E-state index in [2.05, 4.69) is 0 Å². The van der Waals surface area contributed by atoms with Crippen molar-refractivity contribution in [3.05, 3.63) is 34.6 Å². The maximum Gasteiger partial charge on any atom is 0.500 e. The SMILES string of the molecule is CCCO[Si](CCCCCCCCc1c(F)c(F)c(F)c(F)c1F)(OCCC)OCCC. The molecule has 1 aromatic rings. The minimum atomic E-state index is -2.69. The van der Waals surface area contributed by atoms with Gasteiger partial charge >= 0.3 is 8.80 Å². The predicted octanol–water partition coefficient (Wildman–Crippen LogP) is 7.48. The molecule has 0 aliphatic heterocycles. The highest BCUT2D eigenvalue weighted by molar-refractivity contribution is 6.60. The highest BCUT2D eigenvalue weighted by Crippen LogP contribution is 2.25. The monoisotopic (exact) mass is 484 g/mol. The first-order valence-electron chi connectivity index (χ1n) is 11.8. The van der Waals surface area contributed by atoms with E-state index in [1.807, 2.05) is 20.8 Å². The Bertz CT molecular complexity index is 625. The van der Waals surface area contributed by atoms with Gasteiger partial charge in [0.05, 0.1) is 0 Å². The Balaban J connectivity index is 2.42. The Kier molecular flexibility index (Phi) is 14.3. The fourth-order valence-corrected chi connectivity index (χ4v) is 6.25. The third-order valence-electron chi connectivity index (χ3n) is 5.04. The Morgan fingerprint density at radius 1 is 0.531 bits per heavy atom. The van der Waals surface area contributed by atoms with Crippen LogP contribution in [-0.4, -0.2) is 28.6 Å². The van der Waals surface area contributed by atoms with E-state index in [9.17, 15) is 22.0 Å². The van der Waals surface area contributed by atoms with Crippen molar-refractivity contribution >= 4 is 8.80 Å². The number of benzene rings is 1. The van der Waals surface area contributed by atoms with Gasteiger partial charge < -0.3 is 13.3 Å². The second-order valence-corrected chi connectivity index (χ2v) is 10.6.